The van der Waals surface area contributed by atoms with E-state index in [2.05, 4.69) is 0 Å². The zero-order valence-electron chi connectivity index (χ0n) is 9.94. The van der Waals surface area contributed by atoms with E-state index in [1.54, 1.807) is 23.3 Å². The highest BCUT2D eigenvalue weighted by Gasteiger charge is 2.45. The fraction of sp³-hybridized carbons (Fsp3) is 0.545. The second-order valence-corrected chi connectivity index (χ2v) is 4.55. The lowest BCUT2D eigenvalue weighted by atomic mass is 10.1. The lowest BCUT2D eigenvalue weighted by Gasteiger charge is -2.31. The van der Waals surface area contributed by atoms with Gasteiger partial charge in [-0.05, 0) is 6.08 Å². The molecule has 0 saturated carbocycles. The van der Waals surface area contributed by atoms with Crippen molar-refractivity contribution >= 4 is 17.7 Å². The van der Waals surface area contributed by atoms with Crippen molar-refractivity contribution in [1.82, 2.24) is 9.74 Å². The smallest absolute Gasteiger partial charge is 0.263 e. The maximum absolute atomic E-state index is 11.4. The van der Waals surface area contributed by atoms with E-state index in [1.165, 1.54) is 0 Å². The van der Waals surface area contributed by atoms with E-state index in [0.29, 0.717) is 5.57 Å². The van der Waals surface area contributed by atoms with Crippen LogP contribution < -0.4 is 4.84 Å². The molecule has 1 saturated heterocycles. The molecule has 19 heavy (non-hydrogen) atoms. The first-order chi connectivity index (χ1) is 9.08. The minimum atomic E-state index is -1.17. The number of rotatable bonds is 3. The molecule has 1 amide bonds. The summed E-state index contributed by atoms with van der Waals surface area (Å²) < 4.78 is 5.37. The van der Waals surface area contributed by atoms with Crippen LogP contribution >= 0.6 is 11.8 Å². The van der Waals surface area contributed by atoms with Gasteiger partial charge in [-0.15, -0.1) is 0 Å². The van der Waals surface area contributed by atoms with Gasteiger partial charge in [-0.25, -0.2) is 0 Å². The molecule has 2 heterocycles. The molecule has 0 aliphatic carbocycles. The number of allylic oxidation sites excluding steroid dienone is 2. The molecule has 7 nitrogen and oxygen atoms in total. The van der Waals surface area contributed by atoms with Crippen LogP contribution in [0.5, 0.6) is 0 Å². The summed E-state index contributed by atoms with van der Waals surface area (Å²) in [6, 6.07) is 0. The molecule has 4 N–H and O–H groups in total. The summed E-state index contributed by atoms with van der Waals surface area (Å²) in [4.78, 5) is 15.0. The fourth-order valence-electron chi connectivity index (χ4n) is 2.11. The third-order valence-electron chi connectivity index (χ3n) is 3.15. The van der Waals surface area contributed by atoms with E-state index in [4.69, 9.17) is 21.6 Å². The first kappa shape index (κ1) is 14.3. The number of amides is 1. The van der Waals surface area contributed by atoms with Gasteiger partial charge in [0.2, 0.25) is 0 Å². The summed E-state index contributed by atoms with van der Waals surface area (Å²) >= 11 is 5.25. The third kappa shape index (κ3) is 2.75. The Morgan fingerprint density at radius 1 is 1.53 bits per heavy atom. The van der Waals surface area contributed by atoms with E-state index < -0.39 is 37.1 Å². The normalized spacial score (nSPS) is 34.3. The Bertz CT molecular complexity index is 414. The summed E-state index contributed by atoms with van der Waals surface area (Å²) in [5, 5.41) is 28.6. The standard InChI is InChI=1S/C11H15ClN2O5/c12-13-10(18)6-2-1-3-14(4-6)11-9(17)8(16)7(5-15)19-11/h1-3,7-9,11,15-17H,4-5H2,(H,13,18)/t7-,8-,9-,11-/m1/s1. The summed E-state index contributed by atoms with van der Waals surface area (Å²) in [5.74, 6) is -0.442. The Morgan fingerprint density at radius 2 is 2.26 bits per heavy atom. The van der Waals surface area contributed by atoms with Crippen LogP contribution in [0.25, 0.3) is 0 Å². The predicted octanol–water partition coefficient (Wildman–Crippen LogP) is -1.55. The van der Waals surface area contributed by atoms with Crippen molar-refractivity contribution in [2.24, 2.45) is 0 Å². The van der Waals surface area contributed by atoms with Crippen molar-refractivity contribution in [1.29, 1.82) is 0 Å². The monoisotopic (exact) mass is 290 g/mol. The Balaban J connectivity index is 2.07. The van der Waals surface area contributed by atoms with Crippen molar-refractivity contribution < 1.29 is 24.9 Å². The van der Waals surface area contributed by atoms with Crippen molar-refractivity contribution in [2.75, 3.05) is 13.2 Å². The molecule has 8 heteroatoms. The van der Waals surface area contributed by atoms with Crippen molar-refractivity contribution in [2.45, 2.75) is 24.5 Å². The van der Waals surface area contributed by atoms with Crippen LogP contribution in [0.1, 0.15) is 0 Å². The molecule has 2 aliphatic rings. The van der Waals surface area contributed by atoms with Gasteiger partial charge in [-0.2, -0.15) is 0 Å². The molecule has 106 valence electrons. The van der Waals surface area contributed by atoms with Gasteiger partial charge in [-0.1, -0.05) is 6.08 Å². The van der Waals surface area contributed by atoms with Gasteiger partial charge in [0, 0.05) is 23.5 Å². The molecule has 0 aromatic carbocycles. The maximum atomic E-state index is 11.4. The zero-order valence-corrected chi connectivity index (χ0v) is 10.7. The summed E-state index contributed by atoms with van der Waals surface area (Å²) in [5.41, 5.74) is 0.398. The highest BCUT2D eigenvalue weighted by atomic mass is 35.5. The van der Waals surface area contributed by atoms with Gasteiger partial charge in [0.1, 0.15) is 18.3 Å². The summed E-state index contributed by atoms with van der Waals surface area (Å²) in [7, 11) is 0. The second-order valence-electron chi connectivity index (χ2n) is 4.36. The number of nitrogens with zero attached hydrogens (tertiary/aromatic N) is 1. The number of carbonyl (C=O) groups is 1. The molecule has 1 fully saturated rings. The minimum absolute atomic E-state index is 0.182. The highest BCUT2D eigenvalue weighted by molar-refractivity contribution is 6.24. The lowest BCUT2D eigenvalue weighted by Crippen LogP contribution is -2.43. The average Bonchev–Trinajstić information content (AvgIpc) is 2.74. The van der Waals surface area contributed by atoms with Crippen LogP contribution in [0.15, 0.2) is 23.9 Å². The van der Waals surface area contributed by atoms with Crippen LogP contribution in [-0.2, 0) is 9.53 Å². The van der Waals surface area contributed by atoms with Gasteiger partial charge in [0.15, 0.2) is 6.23 Å². The quantitative estimate of drug-likeness (QED) is 0.470. The molecule has 0 spiro atoms. The Morgan fingerprint density at radius 3 is 2.84 bits per heavy atom. The van der Waals surface area contributed by atoms with Gasteiger partial charge >= 0.3 is 0 Å². The average molecular weight is 291 g/mol. The van der Waals surface area contributed by atoms with Crippen LogP contribution in [0.3, 0.4) is 0 Å². The molecular formula is C11H15ClN2O5. The fourth-order valence-corrected chi connectivity index (χ4v) is 2.23. The molecule has 4 atom stereocenters. The number of aliphatic hydroxyl groups excluding tert-OH is 3. The molecule has 2 rings (SSSR count). The summed E-state index contributed by atoms with van der Waals surface area (Å²) in [6.45, 7) is -0.210. The number of nitrogens with one attached hydrogen (secondary N) is 1. The topological polar surface area (TPSA) is 102 Å². The Kier molecular flexibility index (Phi) is 4.43. The van der Waals surface area contributed by atoms with E-state index in [9.17, 15) is 15.0 Å². The van der Waals surface area contributed by atoms with E-state index >= 15 is 0 Å². The van der Waals surface area contributed by atoms with Crippen LogP contribution in [0.2, 0.25) is 0 Å². The van der Waals surface area contributed by atoms with Gasteiger partial charge < -0.3 is 25.0 Å². The molecule has 0 bridgehead atoms. The van der Waals surface area contributed by atoms with Crippen LogP contribution in [0, 0.1) is 0 Å². The SMILES string of the molecule is O=C(NCl)C1=CC=CN([C@@H]2O[C@H](CO)[C@@H](O)[C@H]2O)C1. The number of hydrogen-bond donors (Lipinski definition) is 4. The third-order valence-corrected chi connectivity index (χ3v) is 3.32. The first-order valence-corrected chi connectivity index (χ1v) is 6.12. The number of carbonyl (C=O) groups excluding carboxylic acids is 1. The summed E-state index contributed by atoms with van der Waals surface area (Å²) in [6.07, 6.45) is 0.834. The largest absolute Gasteiger partial charge is 0.394 e. The molecule has 0 radical (unpaired) electrons. The Hall–Kier alpha value is -1.12. The van der Waals surface area contributed by atoms with Gasteiger partial charge in [-0.3, -0.25) is 9.63 Å². The van der Waals surface area contributed by atoms with Crippen molar-refractivity contribution in [3.63, 3.8) is 0 Å². The minimum Gasteiger partial charge on any atom is -0.394 e. The van der Waals surface area contributed by atoms with Crippen molar-refractivity contribution in [3.8, 4) is 0 Å². The molecule has 0 unspecified atom stereocenters. The van der Waals surface area contributed by atoms with Crippen LogP contribution in [0.4, 0.5) is 0 Å². The van der Waals surface area contributed by atoms with E-state index in [1.807, 2.05) is 4.84 Å². The number of halogens is 1. The van der Waals surface area contributed by atoms with E-state index in [-0.39, 0.29) is 6.54 Å². The first-order valence-electron chi connectivity index (χ1n) is 5.75. The maximum Gasteiger partial charge on any atom is 0.263 e. The zero-order chi connectivity index (χ0) is 14.0. The molecular weight excluding hydrogens is 276 g/mol. The molecule has 0 aromatic heterocycles. The second kappa shape index (κ2) is 5.89. The van der Waals surface area contributed by atoms with E-state index in [0.717, 1.165) is 0 Å². The Labute approximate surface area is 114 Å². The number of ether oxygens (including phenoxy) is 1. The van der Waals surface area contributed by atoms with Crippen molar-refractivity contribution in [3.05, 3.63) is 23.9 Å². The van der Waals surface area contributed by atoms with Gasteiger partial charge in [0.05, 0.1) is 13.2 Å². The molecule has 2 aliphatic heterocycles. The number of aliphatic hydroxyl groups is 3. The highest BCUT2D eigenvalue weighted by Crippen LogP contribution is 2.26. The predicted molar refractivity (Wildman–Crippen MR) is 65.7 cm³/mol. The molecule has 0 aromatic rings. The number of hydrogen-bond acceptors (Lipinski definition) is 6. The van der Waals surface area contributed by atoms with Crippen LogP contribution in [-0.4, -0.2) is 63.8 Å². The lowest BCUT2D eigenvalue weighted by molar-refractivity contribution is -0.117. The van der Waals surface area contributed by atoms with Gasteiger partial charge in [0.25, 0.3) is 5.91 Å².